The lowest BCUT2D eigenvalue weighted by Crippen LogP contribution is -2.55. The van der Waals surface area contributed by atoms with Gasteiger partial charge in [-0.2, -0.15) is 0 Å². The fourth-order valence-electron chi connectivity index (χ4n) is 3.58. The van der Waals surface area contributed by atoms with Gasteiger partial charge in [-0.05, 0) is 44.4 Å². The third kappa shape index (κ3) is 3.39. The van der Waals surface area contributed by atoms with Crippen molar-refractivity contribution in [2.75, 3.05) is 31.6 Å². The van der Waals surface area contributed by atoms with Crippen LogP contribution in [0.4, 0.5) is 5.69 Å². The average Bonchev–Trinajstić information content (AvgIpc) is 2.62. The molecule has 124 valence electrons. The van der Waals surface area contributed by atoms with Crippen molar-refractivity contribution in [2.45, 2.75) is 31.7 Å². The number of likely N-dealkylation sites (N-methyl/N-ethyl adjacent to an activating group) is 1. The molecule has 2 aliphatic rings. The van der Waals surface area contributed by atoms with Gasteiger partial charge in [-0.25, -0.2) is 0 Å². The van der Waals surface area contributed by atoms with Crippen LogP contribution in [-0.2, 0) is 9.59 Å². The average molecular weight is 315 g/mol. The van der Waals surface area contributed by atoms with Crippen molar-refractivity contribution in [2.24, 2.45) is 5.92 Å². The van der Waals surface area contributed by atoms with Gasteiger partial charge in [0.25, 0.3) is 0 Å². The van der Waals surface area contributed by atoms with Gasteiger partial charge < -0.3 is 15.1 Å². The largest absolute Gasteiger partial charge is 0.333 e. The van der Waals surface area contributed by atoms with Gasteiger partial charge in [0.15, 0.2) is 0 Å². The molecule has 5 heteroatoms. The first-order valence-corrected chi connectivity index (χ1v) is 8.52. The smallest absolute Gasteiger partial charge is 0.249 e. The normalized spacial score (nSPS) is 25.3. The first-order valence-electron chi connectivity index (χ1n) is 8.52. The molecule has 1 aromatic rings. The second-order valence-electron chi connectivity index (χ2n) is 6.48. The lowest BCUT2D eigenvalue weighted by atomic mass is 9.95. The molecule has 0 spiro atoms. The molecule has 2 unspecified atom stereocenters. The van der Waals surface area contributed by atoms with Crippen LogP contribution in [-0.4, -0.2) is 49.4 Å². The van der Waals surface area contributed by atoms with Gasteiger partial charge in [-0.15, -0.1) is 0 Å². The van der Waals surface area contributed by atoms with E-state index >= 15 is 0 Å². The summed E-state index contributed by atoms with van der Waals surface area (Å²) in [7, 11) is 1.79. The molecule has 2 aliphatic heterocycles. The number of nitrogens with zero attached hydrogens (tertiary/aromatic N) is 2. The Morgan fingerprint density at radius 1 is 1.22 bits per heavy atom. The van der Waals surface area contributed by atoms with Gasteiger partial charge in [-0.3, -0.25) is 9.59 Å². The van der Waals surface area contributed by atoms with E-state index in [-0.39, 0.29) is 23.8 Å². The number of amides is 2. The highest BCUT2D eigenvalue weighted by Gasteiger charge is 2.36. The minimum Gasteiger partial charge on any atom is -0.333 e. The standard InChI is InChI=1S/C18H25N3O2/c1-20(17(22)14-7-5-11-19-13-14)16-10-6-12-21(18(16)23)15-8-3-2-4-9-15/h2-4,8-9,14,16,19H,5-7,10-13H2,1H3. The van der Waals surface area contributed by atoms with Crippen LogP contribution >= 0.6 is 0 Å². The molecular weight excluding hydrogens is 290 g/mol. The number of hydrogen-bond acceptors (Lipinski definition) is 3. The Bertz CT molecular complexity index is 555. The van der Waals surface area contributed by atoms with Crippen LogP contribution in [0.15, 0.2) is 30.3 Å². The zero-order chi connectivity index (χ0) is 16.2. The highest BCUT2D eigenvalue weighted by molar-refractivity contribution is 6.00. The third-order valence-corrected chi connectivity index (χ3v) is 4.94. The van der Waals surface area contributed by atoms with Gasteiger partial charge in [-0.1, -0.05) is 18.2 Å². The van der Waals surface area contributed by atoms with E-state index in [0.29, 0.717) is 0 Å². The van der Waals surface area contributed by atoms with E-state index in [1.807, 2.05) is 35.2 Å². The molecule has 2 fully saturated rings. The lowest BCUT2D eigenvalue weighted by Gasteiger charge is -2.38. The highest BCUT2D eigenvalue weighted by Crippen LogP contribution is 2.24. The Hall–Kier alpha value is -1.88. The maximum atomic E-state index is 12.9. The molecule has 2 saturated heterocycles. The molecule has 0 radical (unpaired) electrons. The number of piperidine rings is 2. The highest BCUT2D eigenvalue weighted by atomic mass is 16.2. The summed E-state index contributed by atoms with van der Waals surface area (Å²) >= 11 is 0. The number of carbonyl (C=O) groups excluding carboxylic acids is 2. The first kappa shape index (κ1) is 16.0. The summed E-state index contributed by atoms with van der Waals surface area (Å²) in [5.74, 6) is 0.154. The molecule has 0 saturated carbocycles. The maximum absolute atomic E-state index is 12.9. The topological polar surface area (TPSA) is 52.7 Å². The van der Waals surface area contributed by atoms with Crippen LogP contribution < -0.4 is 10.2 Å². The zero-order valence-corrected chi connectivity index (χ0v) is 13.7. The molecule has 3 rings (SSSR count). The van der Waals surface area contributed by atoms with Crippen molar-refractivity contribution in [1.82, 2.24) is 10.2 Å². The molecule has 2 atom stereocenters. The SMILES string of the molecule is CN(C(=O)C1CCCNC1)C1CCCN(c2ccccc2)C1=O. The number of hydrogen-bond donors (Lipinski definition) is 1. The predicted octanol–water partition coefficient (Wildman–Crippen LogP) is 1.64. The van der Waals surface area contributed by atoms with Crippen molar-refractivity contribution in [3.63, 3.8) is 0 Å². The fourth-order valence-corrected chi connectivity index (χ4v) is 3.58. The van der Waals surface area contributed by atoms with Gasteiger partial charge in [0.1, 0.15) is 6.04 Å². The summed E-state index contributed by atoms with van der Waals surface area (Å²) < 4.78 is 0. The monoisotopic (exact) mass is 315 g/mol. The molecular formula is C18H25N3O2. The molecule has 0 aliphatic carbocycles. The van der Waals surface area contributed by atoms with Gasteiger partial charge in [0, 0.05) is 25.8 Å². The first-order chi connectivity index (χ1) is 11.2. The molecule has 0 aromatic heterocycles. The number of benzene rings is 1. The van der Waals surface area contributed by atoms with E-state index in [0.717, 1.165) is 51.0 Å². The minimum absolute atomic E-state index is 0.00801. The Kier molecular flexibility index (Phi) is 4.96. The van der Waals surface area contributed by atoms with Crippen molar-refractivity contribution >= 4 is 17.5 Å². The number of para-hydroxylation sites is 1. The quantitative estimate of drug-likeness (QED) is 0.922. The van der Waals surface area contributed by atoms with Crippen molar-refractivity contribution in [1.29, 1.82) is 0 Å². The number of carbonyl (C=O) groups is 2. The number of nitrogens with one attached hydrogen (secondary N) is 1. The summed E-state index contributed by atoms with van der Waals surface area (Å²) in [6, 6.07) is 9.39. The van der Waals surface area contributed by atoms with E-state index in [1.165, 1.54) is 0 Å². The summed E-state index contributed by atoms with van der Waals surface area (Å²) in [6.45, 7) is 2.44. The Morgan fingerprint density at radius 3 is 2.70 bits per heavy atom. The predicted molar refractivity (Wildman–Crippen MR) is 90.2 cm³/mol. The molecule has 0 bridgehead atoms. The second-order valence-corrected chi connectivity index (χ2v) is 6.48. The Balaban J connectivity index is 1.71. The summed E-state index contributed by atoms with van der Waals surface area (Å²) in [6.07, 6.45) is 3.62. The molecule has 1 N–H and O–H groups in total. The summed E-state index contributed by atoms with van der Waals surface area (Å²) in [4.78, 5) is 29.1. The molecule has 23 heavy (non-hydrogen) atoms. The summed E-state index contributed by atoms with van der Waals surface area (Å²) in [5.41, 5.74) is 0.919. The van der Waals surface area contributed by atoms with Gasteiger partial charge in [0.05, 0.1) is 5.92 Å². The van der Waals surface area contributed by atoms with Crippen LogP contribution in [0, 0.1) is 5.92 Å². The number of rotatable bonds is 3. The minimum atomic E-state index is -0.335. The van der Waals surface area contributed by atoms with Crippen LogP contribution in [0.25, 0.3) is 0 Å². The van der Waals surface area contributed by atoms with E-state index in [9.17, 15) is 9.59 Å². The Labute approximate surface area is 137 Å². The van der Waals surface area contributed by atoms with E-state index in [4.69, 9.17) is 0 Å². The molecule has 5 nitrogen and oxygen atoms in total. The fraction of sp³-hybridized carbons (Fsp3) is 0.556. The van der Waals surface area contributed by atoms with Gasteiger partial charge in [0.2, 0.25) is 11.8 Å². The van der Waals surface area contributed by atoms with Crippen molar-refractivity contribution in [3.05, 3.63) is 30.3 Å². The molecule has 2 heterocycles. The third-order valence-electron chi connectivity index (χ3n) is 4.94. The van der Waals surface area contributed by atoms with E-state index < -0.39 is 0 Å². The van der Waals surface area contributed by atoms with Gasteiger partial charge >= 0.3 is 0 Å². The van der Waals surface area contributed by atoms with Crippen LogP contribution in [0.2, 0.25) is 0 Å². The molecule has 2 amide bonds. The van der Waals surface area contributed by atoms with Crippen molar-refractivity contribution < 1.29 is 9.59 Å². The maximum Gasteiger partial charge on any atom is 0.249 e. The summed E-state index contributed by atoms with van der Waals surface area (Å²) in [5, 5.41) is 3.28. The van der Waals surface area contributed by atoms with Crippen molar-refractivity contribution in [3.8, 4) is 0 Å². The molecule has 1 aromatic carbocycles. The zero-order valence-electron chi connectivity index (χ0n) is 13.7. The van der Waals surface area contributed by atoms with Crippen LogP contribution in [0.1, 0.15) is 25.7 Å². The lowest BCUT2D eigenvalue weighted by molar-refractivity contribution is -0.142. The van der Waals surface area contributed by atoms with Crippen LogP contribution in [0.3, 0.4) is 0 Å². The van der Waals surface area contributed by atoms with Crippen LogP contribution in [0.5, 0.6) is 0 Å². The number of anilines is 1. The Morgan fingerprint density at radius 2 is 2.00 bits per heavy atom. The van der Waals surface area contributed by atoms with E-state index in [2.05, 4.69) is 5.32 Å². The second kappa shape index (κ2) is 7.13. The van der Waals surface area contributed by atoms with E-state index in [1.54, 1.807) is 11.9 Å².